The molecule has 0 unspecified atom stereocenters. The van der Waals surface area contributed by atoms with Crippen molar-refractivity contribution in [2.75, 3.05) is 0 Å². The molecule has 0 aliphatic carbocycles. The number of nitrogens with zero attached hydrogens (tertiary/aromatic N) is 2. The molecular formula is C16H22N2O. The van der Waals surface area contributed by atoms with Crippen molar-refractivity contribution in [3.63, 3.8) is 0 Å². The molecule has 2 aromatic rings. The van der Waals surface area contributed by atoms with Crippen molar-refractivity contribution in [2.45, 2.75) is 40.0 Å². The zero-order valence-electron chi connectivity index (χ0n) is 12.1. The fourth-order valence-electron chi connectivity index (χ4n) is 2.28. The Bertz CT molecular complexity index is 541. The van der Waals surface area contributed by atoms with Crippen LogP contribution in [-0.2, 0) is 6.42 Å². The summed E-state index contributed by atoms with van der Waals surface area (Å²) < 4.78 is 1.65. The molecule has 3 nitrogen and oxygen atoms in total. The molecule has 3 heteroatoms. The summed E-state index contributed by atoms with van der Waals surface area (Å²) in [5.74, 6) is 1.09. The quantitative estimate of drug-likeness (QED) is 0.903. The van der Waals surface area contributed by atoms with E-state index >= 15 is 0 Å². The van der Waals surface area contributed by atoms with Crippen LogP contribution in [0.1, 0.15) is 44.9 Å². The molecular weight excluding hydrogens is 236 g/mol. The number of aromatic nitrogens is 2. The van der Waals surface area contributed by atoms with Gasteiger partial charge in [-0.1, -0.05) is 45.9 Å². The van der Waals surface area contributed by atoms with Crippen LogP contribution in [0, 0.1) is 5.92 Å². The van der Waals surface area contributed by atoms with Gasteiger partial charge in [0.15, 0.2) is 0 Å². The Morgan fingerprint density at radius 2 is 1.74 bits per heavy atom. The number of rotatable bonds is 4. The van der Waals surface area contributed by atoms with Crippen LogP contribution in [0.25, 0.3) is 5.69 Å². The molecule has 19 heavy (non-hydrogen) atoms. The minimum absolute atomic E-state index is 0.281. The standard InChI is InChI=1S/C16H22N2O/c1-11(2)10-14-15(12(3)4)17-18(16(14)19)13-8-6-5-7-9-13/h5-9,11-12,19H,10H2,1-4H3. The molecule has 0 spiro atoms. The van der Waals surface area contributed by atoms with Gasteiger partial charge in [-0.3, -0.25) is 0 Å². The molecule has 0 atom stereocenters. The summed E-state index contributed by atoms with van der Waals surface area (Å²) in [5, 5.41) is 15.1. The van der Waals surface area contributed by atoms with E-state index in [1.165, 1.54) is 0 Å². The zero-order valence-corrected chi connectivity index (χ0v) is 12.1. The van der Waals surface area contributed by atoms with Gasteiger partial charge in [0.1, 0.15) is 0 Å². The molecule has 1 heterocycles. The van der Waals surface area contributed by atoms with Crippen LogP contribution >= 0.6 is 0 Å². The lowest BCUT2D eigenvalue weighted by molar-refractivity contribution is 0.424. The van der Waals surface area contributed by atoms with E-state index in [1.54, 1.807) is 4.68 Å². The van der Waals surface area contributed by atoms with Crippen LogP contribution in [0.3, 0.4) is 0 Å². The molecule has 1 aromatic heterocycles. The van der Waals surface area contributed by atoms with E-state index in [9.17, 15) is 5.11 Å². The molecule has 0 bridgehead atoms. The second kappa shape index (κ2) is 5.47. The molecule has 1 N–H and O–H groups in total. The Morgan fingerprint density at radius 1 is 1.11 bits per heavy atom. The smallest absolute Gasteiger partial charge is 0.217 e. The van der Waals surface area contributed by atoms with Crippen molar-refractivity contribution in [1.82, 2.24) is 9.78 Å². The molecule has 102 valence electrons. The van der Waals surface area contributed by atoms with Gasteiger partial charge in [-0.15, -0.1) is 0 Å². The van der Waals surface area contributed by atoms with Crippen molar-refractivity contribution in [2.24, 2.45) is 5.92 Å². The van der Waals surface area contributed by atoms with Gasteiger partial charge in [0.25, 0.3) is 0 Å². The third-order valence-electron chi connectivity index (χ3n) is 3.15. The molecule has 0 fully saturated rings. The fraction of sp³-hybridized carbons (Fsp3) is 0.438. The minimum atomic E-state index is 0.281. The summed E-state index contributed by atoms with van der Waals surface area (Å²) in [6, 6.07) is 9.77. The van der Waals surface area contributed by atoms with Gasteiger partial charge in [0.2, 0.25) is 5.88 Å². The highest BCUT2D eigenvalue weighted by Crippen LogP contribution is 2.31. The van der Waals surface area contributed by atoms with Gasteiger partial charge >= 0.3 is 0 Å². The van der Waals surface area contributed by atoms with Crippen molar-refractivity contribution in [1.29, 1.82) is 0 Å². The Kier molecular flexibility index (Phi) is 3.93. The van der Waals surface area contributed by atoms with Crippen LogP contribution < -0.4 is 0 Å². The minimum Gasteiger partial charge on any atom is -0.493 e. The largest absolute Gasteiger partial charge is 0.493 e. The molecule has 0 aliphatic rings. The third-order valence-corrected chi connectivity index (χ3v) is 3.15. The molecule has 0 saturated heterocycles. The first-order valence-electron chi connectivity index (χ1n) is 6.86. The van der Waals surface area contributed by atoms with Gasteiger partial charge in [0, 0.05) is 5.56 Å². The van der Waals surface area contributed by atoms with Crippen molar-refractivity contribution in [3.05, 3.63) is 41.6 Å². The van der Waals surface area contributed by atoms with E-state index in [0.29, 0.717) is 11.8 Å². The fourth-order valence-corrected chi connectivity index (χ4v) is 2.28. The first-order chi connectivity index (χ1) is 9.00. The lowest BCUT2D eigenvalue weighted by Gasteiger charge is -2.07. The second-order valence-electron chi connectivity index (χ2n) is 5.69. The molecule has 0 amide bonds. The summed E-state index contributed by atoms with van der Waals surface area (Å²) >= 11 is 0. The van der Waals surface area contributed by atoms with Crippen molar-refractivity contribution >= 4 is 0 Å². The Balaban J connectivity index is 2.52. The average Bonchev–Trinajstić information content (AvgIpc) is 2.68. The maximum absolute atomic E-state index is 10.5. The normalized spacial score (nSPS) is 11.5. The number of hydrogen-bond acceptors (Lipinski definition) is 2. The summed E-state index contributed by atoms with van der Waals surface area (Å²) in [7, 11) is 0. The first-order valence-corrected chi connectivity index (χ1v) is 6.86. The highest BCUT2D eigenvalue weighted by atomic mass is 16.3. The lowest BCUT2D eigenvalue weighted by atomic mass is 9.98. The lowest BCUT2D eigenvalue weighted by Crippen LogP contribution is -1.99. The third kappa shape index (κ3) is 2.80. The van der Waals surface area contributed by atoms with Crippen molar-refractivity contribution in [3.8, 4) is 11.6 Å². The van der Waals surface area contributed by atoms with E-state index in [1.807, 2.05) is 30.3 Å². The van der Waals surface area contributed by atoms with Gasteiger partial charge in [-0.2, -0.15) is 5.10 Å². The van der Waals surface area contributed by atoms with Gasteiger partial charge in [-0.05, 0) is 30.4 Å². The maximum Gasteiger partial charge on any atom is 0.217 e. The van der Waals surface area contributed by atoms with Crippen LogP contribution in [0.15, 0.2) is 30.3 Å². The number of benzene rings is 1. The molecule has 0 saturated carbocycles. The number of aromatic hydroxyl groups is 1. The molecule has 1 aromatic carbocycles. The highest BCUT2D eigenvalue weighted by Gasteiger charge is 2.20. The van der Waals surface area contributed by atoms with E-state index in [-0.39, 0.29) is 5.88 Å². The highest BCUT2D eigenvalue weighted by molar-refractivity contribution is 5.41. The summed E-state index contributed by atoms with van der Waals surface area (Å²) in [6.45, 7) is 8.54. The van der Waals surface area contributed by atoms with Crippen LogP contribution in [0.2, 0.25) is 0 Å². The van der Waals surface area contributed by atoms with Crippen LogP contribution in [-0.4, -0.2) is 14.9 Å². The van der Waals surface area contributed by atoms with Gasteiger partial charge in [-0.25, -0.2) is 4.68 Å². The first kappa shape index (κ1) is 13.7. The van der Waals surface area contributed by atoms with Gasteiger partial charge in [0.05, 0.1) is 11.4 Å². The molecule has 0 radical (unpaired) electrons. The van der Waals surface area contributed by atoms with E-state index in [4.69, 9.17) is 0 Å². The predicted octanol–water partition coefficient (Wildman–Crippen LogP) is 3.90. The van der Waals surface area contributed by atoms with Gasteiger partial charge < -0.3 is 5.11 Å². The Labute approximate surface area is 114 Å². The Morgan fingerprint density at radius 3 is 2.26 bits per heavy atom. The van der Waals surface area contributed by atoms with E-state index in [0.717, 1.165) is 23.4 Å². The molecule has 2 rings (SSSR count). The van der Waals surface area contributed by atoms with E-state index in [2.05, 4.69) is 32.8 Å². The predicted molar refractivity (Wildman–Crippen MR) is 77.9 cm³/mol. The van der Waals surface area contributed by atoms with Crippen molar-refractivity contribution < 1.29 is 5.11 Å². The summed E-state index contributed by atoms with van der Waals surface area (Å²) in [5.41, 5.74) is 2.88. The molecule has 0 aliphatic heterocycles. The summed E-state index contributed by atoms with van der Waals surface area (Å²) in [6.07, 6.45) is 0.853. The SMILES string of the molecule is CC(C)Cc1c(C(C)C)nn(-c2ccccc2)c1O. The number of para-hydroxylation sites is 1. The topological polar surface area (TPSA) is 38.0 Å². The summed E-state index contributed by atoms with van der Waals surface area (Å²) in [4.78, 5) is 0. The second-order valence-corrected chi connectivity index (χ2v) is 5.69. The van der Waals surface area contributed by atoms with Crippen LogP contribution in [0.4, 0.5) is 0 Å². The van der Waals surface area contributed by atoms with Crippen LogP contribution in [0.5, 0.6) is 5.88 Å². The number of hydrogen-bond donors (Lipinski definition) is 1. The zero-order chi connectivity index (χ0) is 14.0. The average molecular weight is 258 g/mol. The monoisotopic (exact) mass is 258 g/mol. The Hall–Kier alpha value is -1.77. The van der Waals surface area contributed by atoms with E-state index < -0.39 is 0 Å². The maximum atomic E-state index is 10.5.